The van der Waals surface area contributed by atoms with Crippen LogP contribution in [0.4, 0.5) is 5.82 Å². The second kappa shape index (κ2) is 5.38. The molecule has 0 saturated heterocycles. The SMILES string of the molecule is CCN(/N=C/c1ccc[nH]1)c1cc(=O)n(C)c(=O)[nH]1. The third-order valence-electron chi connectivity index (χ3n) is 2.67. The van der Waals surface area contributed by atoms with E-state index in [1.807, 2.05) is 19.1 Å². The molecule has 2 heterocycles. The summed E-state index contributed by atoms with van der Waals surface area (Å²) in [6.45, 7) is 2.40. The average molecular weight is 261 g/mol. The Balaban J connectivity index is 2.32. The molecule has 0 saturated carbocycles. The Hall–Kier alpha value is -2.57. The molecule has 100 valence electrons. The van der Waals surface area contributed by atoms with Gasteiger partial charge in [-0.2, -0.15) is 5.10 Å². The van der Waals surface area contributed by atoms with Crippen molar-refractivity contribution in [3.63, 3.8) is 0 Å². The molecule has 0 bridgehead atoms. The van der Waals surface area contributed by atoms with Gasteiger partial charge in [0, 0.05) is 25.9 Å². The molecule has 2 aromatic heterocycles. The van der Waals surface area contributed by atoms with Crippen LogP contribution in [0, 0.1) is 0 Å². The molecule has 0 aromatic carbocycles. The molecule has 0 spiro atoms. The van der Waals surface area contributed by atoms with Crippen LogP contribution in [-0.2, 0) is 7.05 Å². The number of anilines is 1. The molecule has 0 atom stereocenters. The molecule has 19 heavy (non-hydrogen) atoms. The normalized spacial score (nSPS) is 11.1. The van der Waals surface area contributed by atoms with Crippen molar-refractivity contribution in [3.05, 3.63) is 50.9 Å². The van der Waals surface area contributed by atoms with Crippen molar-refractivity contribution in [2.75, 3.05) is 11.6 Å². The fourth-order valence-electron chi connectivity index (χ4n) is 1.55. The van der Waals surface area contributed by atoms with Crippen molar-refractivity contribution < 1.29 is 0 Å². The van der Waals surface area contributed by atoms with Crippen molar-refractivity contribution in [1.29, 1.82) is 0 Å². The van der Waals surface area contributed by atoms with E-state index in [2.05, 4.69) is 15.1 Å². The lowest BCUT2D eigenvalue weighted by Gasteiger charge is -2.15. The lowest BCUT2D eigenvalue weighted by molar-refractivity contribution is 0.756. The molecule has 2 aromatic rings. The number of nitrogens with zero attached hydrogens (tertiary/aromatic N) is 3. The van der Waals surface area contributed by atoms with Gasteiger partial charge in [0.25, 0.3) is 5.56 Å². The van der Waals surface area contributed by atoms with Gasteiger partial charge in [-0.1, -0.05) is 0 Å². The number of rotatable bonds is 4. The van der Waals surface area contributed by atoms with Crippen molar-refractivity contribution in [2.45, 2.75) is 6.92 Å². The number of aromatic amines is 2. The van der Waals surface area contributed by atoms with Gasteiger partial charge in [-0.25, -0.2) is 9.80 Å². The fourth-order valence-corrected chi connectivity index (χ4v) is 1.55. The highest BCUT2D eigenvalue weighted by molar-refractivity contribution is 5.77. The largest absolute Gasteiger partial charge is 0.360 e. The van der Waals surface area contributed by atoms with Gasteiger partial charge in [0.05, 0.1) is 11.9 Å². The van der Waals surface area contributed by atoms with Crippen LogP contribution in [0.1, 0.15) is 12.6 Å². The monoisotopic (exact) mass is 261 g/mol. The molecule has 0 aliphatic carbocycles. The van der Waals surface area contributed by atoms with E-state index in [-0.39, 0.29) is 5.56 Å². The third kappa shape index (κ3) is 2.82. The van der Waals surface area contributed by atoms with Crippen molar-refractivity contribution in [1.82, 2.24) is 14.5 Å². The molecule has 0 amide bonds. The van der Waals surface area contributed by atoms with E-state index in [4.69, 9.17) is 0 Å². The van der Waals surface area contributed by atoms with Gasteiger partial charge < -0.3 is 4.98 Å². The van der Waals surface area contributed by atoms with Crippen LogP contribution in [-0.4, -0.2) is 27.3 Å². The molecular weight excluding hydrogens is 246 g/mol. The van der Waals surface area contributed by atoms with Gasteiger partial charge in [-0.15, -0.1) is 0 Å². The number of hydrazone groups is 1. The van der Waals surface area contributed by atoms with E-state index in [0.717, 1.165) is 10.3 Å². The molecule has 0 unspecified atom stereocenters. The van der Waals surface area contributed by atoms with Crippen LogP contribution in [0.3, 0.4) is 0 Å². The first-order valence-electron chi connectivity index (χ1n) is 5.87. The number of hydrogen-bond donors (Lipinski definition) is 2. The minimum atomic E-state index is -0.462. The van der Waals surface area contributed by atoms with Crippen molar-refractivity contribution in [2.24, 2.45) is 12.1 Å². The first-order valence-corrected chi connectivity index (χ1v) is 5.87. The Kier molecular flexibility index (Phi) is 3.65. The lowest BCUT2D eigenvalue weighted by Crippen LogP contribution is -2.34. The van der Waals surface area contributed by atoms with Gasteiger partial charge in [-0.3, -0.25) is 14.3 Å². The Morgan fingerprint density at radius 1 is 1.47 bits per heavy atom. The zero-order valence-corrected chi connectivity index (χ0v) is 10.8. The standard InChI is InChI=1S/C12H15N5O2/c1-3-17(14-8-9-5-4-6-13-9)10-7-11(18)16(2)12(19)15-10/h4-8,13H,3H2,1-2H3,(H,15,19)/b14-8+. The zero-order valence-electron chi connectivity index (χ0n) is 10.8. The predicted octanol–water partition coefficient (Wildman–Crippen LogP) is 0.262. The Morgan fingerprint density at radius 2 is 2.26 bits per heavy atom. The van der Waals surface area contributed by atoms with Crippen LogP contribution in [0.25, 0.3) is 0 Å². The van der Waals surface area contributed by atoms with E-state index >= 15 is 0 Å². The summed E-state index contributed by atoms with van der Waals surface area (Å²) in [5.41, 5.74) is 0.00734. The Bertz CT molecular complexity index is 650. The molecule has 7 heteroatoms. The van der Waals surface area contributed by atoms with E-state index in [0.29, 0.717) is 12.4 Å². The zero-order chi connectivity index (χ0) is 13.8. The fraction of sp³-hybridized carbons (Fsp3) is 0.250. The van der Waals surface area contributed by atoms with Gasteiger partial charge in [0.2, 0.25) is 0 Å². The smallest absolute Gasteiger partial charge is 0.329 e. The minimum absolute atomic E-state index is 0.368. The van der Waals surface area contributed by atoms with Gasteiger partial charge in [0.15, 0.2) is 0 Å². The molecule has 0 radical (unpaired) electrons. The summed E-state index contributed by atoms with van der Waals surface area (Å²) in [4.78, 5) is 28.7. The van der Waals surface area contributed by atoms with Gasteiger partial charge in [0.1, 0.15) is 5.82 Å². The first-order chi connectivity index (χ1) is 9.11. The highest BCUT2D eigenvalue weighted by atomic mass is 16.2. The van der Waals surface area contributed by atoms with Crippen LogP contribution in [0.5, 0.6) is 0 Å². The topological polar surface area (TPSA) is 86.2 Å². The summed E-state index contributed by atoms with van der Waals surface area (Å²) < 4.78 is 1.01. The van der Waals surface area contributed by atoms with E-state index in [1.165, 1.54) is 13.1 Å². The Morgan fingerprint density at radius 3 is 2.84 bits per heavy atom. The van der Waals surface area contributed by atoms with E-state index in [1.54, 1.807) is 17.4 Å². The van der Waals surface area contributed by atoms with Crippen molar-refractivity contribution >= 4 is 12.0 Å². The van der Waals surface area contributed by atoms with E-state index < -0.39 is 5.69 Å². The minimum Gasteiger partial charge on any atom is -0.360 e. The summed E-state index contributed by atoms with van der Waals surface area (Å²) in [6.07, 6.45) is 3.41. The van der Waals surface area contributed by atoms with E-state index in [9.17, 15) is 9.59 Å². The highest BCUT2D eigenvalue weighted by Crippen LogP contribution is 2.05. The summed E-state index contributed by atoms with van der Waals surface area (Å²) >= 11 is 0. The number of H-pyrrole nitrogens is 2. The molecule has 2 N–H and O–H groups in total. The maximum absolute atomic E-state index is 11.6. The van der Waals surface area contributed by atoms with Gasteiger partial charge >= 0.3 is 5.69 Å². The molecule has 0 aliphatic heterocycles. The Labute approximate surface area is 109 Å². The van der Waals surface area contributed by atoms with Crippen molar-refractivity contribution in [3.8, 4) is 0 Å². The molecule has 0 fully saturated rings. The number of hydrogen-bond acceptors (Lipinski definition) is 4. The summed E-state index contributed by atoms with van der Waals surface area (Å²) in [5.74, 6) is 0.374. The molecule has 2 rings (SSSR count). The maximum atomic E-state index is 11.6. The quantitative estimate of drug-likeness (QED) is 0.611. The molecule has 7 nitrogen and oxygen atoms in total. The number of aromatic nitrogens is 3. The first kappa shape index (κ1) is 12.9. The van der Waals surface area contributed by atoms with Gasteiger partial charge in [-0.05, 0) is 19.1 Å². The summed E-state index contributed by atoms with van der Waals surface area (Å²) in [7, 11) is 1.42. The second-order valence-electron chi connectivity index (χ2n) is 3.94. The third-order valence-corrected chi connectivity index (χ3v) is 2.67. The number of nitrogens with one attached hydrogen (secondary N) is 2. The second-order valence-corrected chi connectivity index (χ2v) is 3.94. The van der Waals surface area contributed by atoms with Crippen LogP contribution in [0.2, 0.25) is 0 Å². The highest BCUT2D eigenvalue weighted by Gasteiger charge is 2.06. The summed E-state index contributed by atoms with van der Waals surface area (Å²) in [6, 6.07) is 5.07. The molecule has 0 aliphatic rings. The lowest BCUT2D eigenvalue weighted by atomic mass is 10.5. The average Bonchev–Trinajstić information content (AvgIpc) is 2.89. The van der Waals surface area contributed by atoms with Crippen LogP contribution >= 0.6 is 0 Å². The summed E-state index contributed by atoms with van der Waals surface area (Å²) in [5, 5.41) is 5.77. The predicted molar refractivity (Wildman–Crippen MR) is 73.7 cm³/mol. The van der Waals surface area contributed by atoms with Crippen LogP contribution in [0.15, 0.2) is 39.1 Å². The van der Waals surface area contributed by atoms with Crippen LogP contribution < -0.4 is 16.3 Å². The molecular formula is C12H15N5O2. The maximum Gasteiger partial charge on any atom is 0.329 e.